The molecule has 0 aliphatic carbocycles. The van der Waals surface area contributed by atoms with Crippen LogP contribution in [0.25, 0.3) is 0 Å². The second-order valence-electron chi connectivity index (χ2n) is 7.29. The van der Waals surface area contributed by atoms with Gasteiger partial charge in [-0.2, -0.15) is 0 Å². The fourth-order valence-corrected chi connectivity index (χ4v) is 15.4. The van der Waals surface area contributed by atoms with Crippen molar-refractivity contribution in [2.75, 3.05) is 33.2 Å². The van der Waals surface area contributed by atoms with Crippen molar-refractivity contribution in [1.82, 2.24) is 13.1 Å². The van der Waals surface area contributed by atoms with Crippen molar-refractivity contribution in [3.63, 3.8) is 0 Å². The number of nitrogens with zero attached hydrogens (tertiary/aromatic N) is 2. The number of hydrogen-bond donors (Lipinski definition) is 1. The fraction of sp³-hybridized carbons (Fsp3) is 0.611. The van der Waals surface area contributed by atoms with Gasteiger partial charge in [-0.15, -0.1) is 24.8 Å². The summed E-state index contributed by atoms with van der Waals surface area (Å²) in [4.78, 5) is 15.1. The van der Waals surface area contributed by atoms with E-state index in [-0.39, 0.29) is 40.9 Å². The molecule has 2 aliphatic rings. The average molecular weight is 526 g/mol. The van der Waals surface area contributed by atoms with Gasteiger partial charge in [-0.25, -0.2) is 0 Å². The van der Waals surface area contributed by atoms with E-state index >= 15 is 0 Å². The Morgan fingerprint density at radius 1 is 1.11 bits per heavy atom. The van der Waals surface area contributed by atoms with Crippen molar-refractivity contribution in [1.29, 1.82) is 0 Å². The predicted octanol–water partition coefficient (Wildman–Crippen LogP) is 3.22. The molecule has 1 unspecified atom stereocenters. The van der Waals surface area contributed by atoms with E-state index < -0.39 is 33.4 Å². The Balaban J connectivity index is 0.00000182. The standard InChI is InChI=1S/C13H15F2NO.C5H11N2.2ClH.In/c1-2-3-4-5-13(17)16-9-10-6-11(14)8-12(15)7-10;1-7-4-2-6-3-5-7;;;/h5-8H,1-4,9H2,(H,16,17);2-5H2,1H3;2*1H;/q;-1;;;+1. The summed E-state index contributed by atoms with van der Waals surface area (Å²) in [5, 5.41) is 2.94. The maximum absolute atomic E-state index is 13.3. The van der Waals surface area contributed by atoms with E-state index in [1.807, 2.05) is 0 Å². The SMILES string of the molecule is CN1CC[N]([In]2[CH2]CCC[CH]2C(=O)NCc2cc(F)cc(F)c2)CC1.Cl.Cl. The molecule has 2 saturated heterocycles. The first kappa shape index (κ1) is 25.0. The molecular weight excluding hydrogens is 498 g/mol. The molecule has 1 atom stereocenters. The van der Waals surface area contributed by atoms with Crippen molar-refractivity contribution in [2.45, 2.75) is 33.7 Å². The summed E-state index contributed by atoms with van der Waals surface area (Å²) >= 11 is -2.12. The minimum Gasteiger partial charge on any atom is -0.147 e. The van der Waals surface area contributed by atoms with Gasteiger partial charge in [-0.05, 0) is 0 Å². The third kappa shape index (κ3) is 7.03. The fourth-order valence-electron chi connectivity index (χ4n) is 4.04. The van der Waals surface area contributed by atoms with Crippen molar-refractivity contribution in [3.8, 4) is 0 Å². The van der Waals surface area contributed by atoms with Gasteiger partial charge in [0.05, 0.1) is 0 Å². The summed E-state index contributed by atoms with van der Waals surface area (Å²) in [5.74, 6) is -1.10. The van der Waals surface area contributed by atoms with Gasteiger partial charge in [0, 0.05) is 0 Å². The van der Waals surface area contributed by atoms with Gasteiger partial charge in [-0.1, -0.05) is 0 Å². The molecule has 152 valence electrons. The van der Waals surface area contributed by atoms with Gasteiger partial charge >= 0.3 is 157 Å². The summed E-state index contributed by atoms with van der Waals surface area (Å²) in [7, 11) is 2.15. The Morgan fingerprint density at radius 2 is 1.74 bits per heavy atom. The Bertz CT molecular complexity index is 598. The smallest absolute Gasteiger partial charge is 0.147 e. The molecule has 4 nitrogen and oxygen atoms in total. The van der Waals surface area contributed by atoms with Crippen LogP contribution in [0, 0.1) is 11.6 Å². The first-order chi connectivity index (χ1) is 12.0. The number of nitrogens with one attached hydrogen (secondary N) is 1. The molecule has 1 amide bonds. The molecule has 9 heteroatoms. The summed E-state index contributed by atoms with van der Waals surface area (Å²) in [6.07, 6.45) is 3.36. The van der Waals surface area contributed by atoms with Crippen LogP contribution >= 0.6 is 24.8 Å². The number of carbonyl (C=O) groups is 1. The van der Waals surface area contributed by atoms with Crippen molar-refractivity contribution >= 4 is 52.4 Å². The number of rotatable bonds is 4. The third-order valence-corrected chi connectivity index (χ3v) is 16.9. The number of halogens is 4. The predicted molar refractivity (Wildman–Crippen MR) is 110 cm³/mol. The zero-order chi connectivity index (χ0) is 17.8. The van der Waals surface area contributed by atoms with Crippen LogP contribution in [0.1, 0.15) is 24.8 Å². The molecule has 1 N–H and O–H groups in total. The number of carbonyl (C=O) groups excluding carboxylic acids is 1. The van der Waals surface area contributed by atoms with E-state index in [2.05, 4.69) is 20.2 Å². The number of piperazine rings is 1. The van der Waals surface area contributed by atoms with Crippen LogP contribution in [-0.2, 0) is 11.3 Å². The zero-order valence-electron chi connectivity index (χ0n) is 15.6. The maximum atomic E-state index is 13.3. The molecule has 3 rings (SSSR count). The van der Waals surface area contributed by atoms with E-state index in [0.717, 1.165) is 45.1 Å². The van der Waals surface area contributed by atoms with Crippen LogP contribution in [-0.4, -0.2) is 68.6 Å². The van der Waals surface area contributed by atoms with Crippen LogP contribution in [0.3, 0.4) is 0 Å². The zero-order valence-corrected chi connectivity index (χ0v) is 20.6. The Hall–Kier alpha value is -0.0799. The van der Waals surface area contributed by atoms with E-state index in [4.69, 9.17) is 0 Å². The summed E-state index contributed by atoms with van der Waals surface area (Å²) in [6.45, 7) is 4.56. The van der Waals surface area contributed by atoms with Crippen molar-refractivity contribution in [3.05, 3.63) is 35.4 Å². The van der Waals surface area contributed by atoms with Crippen LogP contribution in [0.2, 0.25) is 7.85 Å². The van der Waals surface area contributed by atoms with Gasteiger partial charge < -0.3 is 0 Å². The minimum atomic E-state index is -2.12. The largest absolute Gasteiger partial charge is 0.147 e. The average Bonchev–Trinajstić information content (AvgIpc) is 2.59. The van der Waals surface area contributed by atoms with Crippen molar-refractivity contribution in [2.24, 2.45) is 0 Å². The molecule has 1 aromatic carbocycles. The van der Waals surface area contributed by atoms with E-state index in [1.54, 1.807) is 0 Å². The molecule has 0 radical (unpaired) electrons. The van der Waals surface area contributed by atoms with Crippen LogP contribution in [0.5, 0.6) is 0 Å². The molecule has 0 aromatic heterocycles. The summed E-state index contributed by atoms with van der Waals surface area (Å²) < 4.78 is 30.7. The normalized spacial score (nSPS) is 21.1. The van der Waals surface area contributed by atoms with Gasteiger partial charge in [0.15, 0.2) is 0 Å². The van der Waals surface area contributed by atoms with Gasteiger partial charge in [0.25, 0.3) is 0 Å². The number of benzene rings is 1. The first-order valence-corrected chi connectivity index (χ1v) is 14.9. The molecule has 27 heavy (non-hydrogen) atoms. The second-order valence-corrected chi connectivity index (χ2v) is 16.6. The molecule has 0 spiro atoms. The summed E-state index contributed by atoms with van der Waals surface area (Å²) in [5.41, 5.74) is 0.480. The van der Waals surface area contributed by atoms with Gasteiger partial charge in [0.2, 0.25) is 0 Å². The molecule has 1 aromatic rings. The number of hydrogen-bond acceptors (Lipinski definition) is 3. The number of amides is 1. The monoisotopic (exact) mass is 525 g/mol. The minimum absolute atomic E-state index is 0. The quantitative estimate of drug-likeness (QED) is 0.655. The Morgan fingerprint density at radius 3 is 2.37 bits per heavy atom. The molecular formula is C18H28Cl2F2InN3O. The molecule has 2 fully saturated rings. The Labute approximate surface area is 180 Å². The van der Waals surface area contributed by atoms with E-state index in [1.165, 1.54) is 22.7 Å². The first-order valence-electron chi connectivity index (χ1n) is 9.18. The van der Waals surface area contributed by atoms with Crippen LogP contribution in [0.15, 0.2) is 18.2 Å². The maximum Gasteiger partial charge on any atom is -0.147 e. The molecule has 2 aliphatic heterocycles. The molecule has 0 saturated carbocycles. The topological polar surface area (TPSA) is 35.6 Å². The Kier molecular flexibility index (Phi) is 10.9. The van der Waals surface area contributed by atoms with Gasteiger partial charge in [-0.3, -0.25) is 0 Å². The number of likely N-dealkylation sites (N-methyl/N-ethyl adjacent to an activating group) is 1. The second kappa shape index (κ2) is 11.8. The van der Waals surface area contributed by atoms with Crippen molar-refractivity contribution < 1.29 is 13.6 Å². The van der Waals surface area contributed by atoms with E-state index in [9.17, 15) is 13.6 Å². The van der Waals surface area contributed by atoms with Gasteiger partial charge in [0.1, 0.15) is 0 Å². The van der Waals surface area contributed by atoms with E-state index in [0.29, 0.717) is 5.56 Å². The molecule has 2 heterocycles. The third-order valence-electron chi connectivity index (χ3n) is 5.46. The van der Waals surface area contributed by atoms with Crippen LogP contribution < -0.4 is 5.32 Å². The summed E-state index contributed by atoms with van der Waals surface area (Å²) in [6, 6.07) is 3.42. The van der Waals surface area contributed by atoms with Crippen LogP contribution in [0.4, 0.5) is 8.78 Å². The molecule has 0 bridgehead atoms.